The first kappa shape index (κ1) is 22.3. The number of rotatable bonds is 10. The molecule has 166 valence electrons. The summed E-state index contributed by atoms with van der Waals surface area (Å²) in [4.78, 5) is 21.4. The predicted molar refractivity (Wildman–Crippen MR) is 114 cm³/mol. The van der Waals surface area contributed by atoms with Crippen molar-refractivity contribution < 1.29 is 28.8 Å². The fourth-order valence-electron chi connectivity index (χ4n) is 3.09. The monoisotopic (exact) mass is 440 g/mol. The summed E-state index contributed by atoms with van der Waals surface area (Å²) in [7, 11) is 2.95. The van der Waals surface area contributed by atoms with Gasteiger partial charge in [0.15, 0.2) is 11.5 Å². The molecule has 0 saturated heterocycles. The lowest BCUT2D eigenvalue weighted by Gasteiger charge is -2.17. The fraction of sp³-hybridized carbons (Fsp3) is 0.182. The molecular formula is C22H20N2O8. The van der Waals surface area contributed by atoms with E-state index in [-0.39, 0.29) is 36.1 Å². The van der Waals surface area contributed by atoms with Crippen molar-refractivity contribution in [1.82, 2.24) is 0 Å². The Kier molecular flexibility index (Phi) is 7.06. The molecule has 0 saturated carbocycles. The smallest absolute Gasteiger partial charge is 0.310 e. The van der Waals surface area contributed by atoms with Gasteiger partial charge in [0, 0.05) is 23.3 Å². The average Bonchev–Trinajstić information content (AvgIpc) is 2.81. The topological polar surface area (TPSA) is 123 Å². The van der Waals surface area contributed by atoms with Gasteiger partial charge in [0.05, 0.1) is 24.1 Å². The van der Waals surface area contributed by atoms with Crippen molar-refractivity contribution in [2.45, 2.75) is 13.2 Å². The number of hydrogen-bond acceptors (Lipinski definition) is 8. The molecule has 0 amide bonds. The molecule has 10 nitrogen and oxygen atoms in total. The van der Waals surface area contributed by atoms with E-state index in [0.29, 0.717) is 22.6 Å². The Balaban J connectivity index is 1.88. The van der Waals surface area contributed by atoms with Crippen LogP contribution in [0.25, 0.3) is 0 Å². The van der Waals surface area contributed by atoms with Crippen LogP contribution in [0.1, 0.15) is 11.1 Å². The van der Waals surface area contributed by atoms with E-state index >= 15 is 0 Å². The lowest BCUT2D eigenvalue weighted by Crippen LogP contribution is -2.06. The number of ether oxygens (including phenoxy) is 4. The van der Waals surface area contributed by atoms with Crippen LogP contribution in [0.2, 0.25) is 0 Å². The van der Waals surface area contributed by atoms with Gasteiger partial charge >= 0.3 is 11.4 Å². The molecule has 0 aliphatic heterocycles. The summed E-state index contributed by atoms with van der Waals surface area (Å²) in [5.74, 6) is 1.12. The van der Waals surface area contributed by atoms with Gasteiger partial charge in [-0.05, 0) is 24.3 Å². The Morgan fingerprint density at radius 2 is 1.16 bits per heavy atom. The van der Waals surface area contributed by atoms with Crippen LogP contribution in [-0.2, 0) is 13.2 Å². The van der Waals surface area contributed by atoms with Gasteiger partial charge in [0.2, 0.25) is 0 Å². The van der Waals surface area contributed by atoms with Crippen molar-refractivity contribution in [2.75, 3.05) is 14.2 Å². The zero-order chi connectivity index (χ0) is 23.1. The maximum absolute atomic E-state index is 11.2. The van der Waals surface area contributed by atoms with Gasteiger partial charge in [0.1, 0.15) is 24.7 Å². The zero-order valence-electron chi connectivity index (χ0n) is 17.3. The Hall–Kier alpha value is -4.34. The highest BCUT2D eigenvalue weighted by Crippen LogP contribution is 2.34. The second kappa shape index (κ2) is 10.1. The van der Waals surface area contributed by atoms with E-state index in [1.54, 1.807) is 36.4 Å². The Labute approximate surface area is 183 Å². The van der Waals surface area contributed by atoms with Crippen LogP contribution in [0.5, 0.6) is 23.0 Å². The number of para-hydroxylation sites is 4. The highest BCUT2D eigenvalue weighted by Gasteiger charge is 2.19. The first-order valence-electron chi connectivity index (χ1n) is 9.40. The highest BCUT2D eigenvalue weighted by molar-refractivity contribution is 5.50. The molecule has 32 heavy (non-hydrogen) atoms. The third kappa shape index (κ3) is 5.04. The quantitative estimate of drug-likeness (QED) is 0.329. The Bertz CT molecular complexity index is 1050. The van der Waals surface area contributed by atoms with Crippen LogP contribution in [0, 0.1) is 20.2 Å². The third-order valence-electron chi connectivity index (χ3n) is 4.55. The fourth-order valence-corrected chi connectivity index (χ4v) is 3.09. The first-order chi connectivity index (χ1) is 15.4. The number of methoxy groups -OCH3 is 2. The van der Waals surface area contributed by atoms with E-state index in [9.17, 15) is 20.2 Å². The van der Waals surface area contributed by atoms with Crippen LogP contribution in [0.3, 0.4) is 0 Å². The minimum Gasteiger partial charge on any atom is -0.497 e. The van der Waals surface area contributed by atoms with Crippen LogP contribution in [-0.4, -0.2) is 24.1 Å². The lowest BCUT2D eigenvalue weighted by molar-refractivity contribution is -0.386. The van der Waals surface area contributed by atoms with Crippen LogP contribution in [0.15, 0.2) is 60.7 Å². The minimum absolute atomic E-state index is 0.0380. The van der Waals surface area contributed by atoms with Crippen molar-refractivity contribution in [2.24, 2.45) is 0 Å². The summed E-state index contributed by atoms with van der Waals surface area (Å²) in [6.07, 6.45) is 0. The van der Waals surface area contributed by atoms with Crippen LogP contribution in [0.4, 0.5) is 11.4 Å². The van der Waals surface area contributed by atoms with Crippen molar-refractivity contribution >= 4 is 11.4 Å². The van der Waals surface area contributed by atoms with Gasteiger partial charge < -0.3 is 18.9 Å². The Morgan fingerprint density at radius 1 is 0.719 bits per heavy atom. The molecule has 3 aromatic carbocycles. The van der Waals surface area contributed by atoms with E-state index < -0.39 is 9.85 Å². The lowest BCUT2D eigenvalue weighted by atomic mass is 10.1. The van der Waals surface area contributed by atoms with Crippen LogP contribution >= 0.6 is 0 Å². The molecule has 0 heterocycles. The average molecular weight is 440 g/mol. The molecule has 0 aromatic heterocycles. The Morgan fingerprint density at radius 3 is 1.53 bits per heavy atom. The van der Waals surface area contributed by atoms with Gasteiger partial charge in [-0.3, -0.25) is 20.2 Å². The molecule has 0 N–H and O–H groups in total. The standard InChI is InChI=1S/C22H20N2O8/c1-29-17-11-15(13-31-20-9-5-3-7-18(20)23(25)26)22(30-2)16(12-17)14-32-21-10-6-4-8-19(21)24(27)28/h3-12H,13-14H2,1-2H3. The van der Waals surface area contributed by atoms with Crippen molar-refractivity contribution in [3.8, 4) is 23.0 Å². The van der Waals surface area contributed by atoms with E-state index in [0.717, 1.165) is 0 Å². The second-order valence-electron chi connectivity index (χ2n) is 6.51. The summed E-state index contributed by atoms with van der Waals surface area (Å²) >= 11 is 0. The predicted octanol–water partition coefficient (Wildman–Crippen LogP) is 4.68. The number of benzene rings is 3. The maximum atomic E-state index is 11.2. The molecule has 0 unspecified atom stereocenters. The summed E-state index contributed by atoms with van der Waals surface area (Å²) in [6, 6.07) is 15.4. The number of nitro benzene ring substituents is 2. The molecule has 0 aliphatic carbocycles. The maximum Gasteiger partial charge on any atom is 0.310 e. The third-order valence-corrected chi connectivity index (χ3v) is 4.55. The molecule has 10 heteroatoms. The first-order valence-corrected chi connectivity index (χ1v) is 9.40. The van der Waals surface area contributed by atoms with E-state index in [1.165, 1.54) is 38.5 Å². The summed E-state index contributed by atoms with van der Waals surface area (Å²) in [5, 5.41) is 22.4. The number of nitrogens with zero attached hydrogens (tertiary/aromatic N) is 2. The van der Waals surface area contributed by atoms with Gasteiger partial charge in [-0.15, -0.1) is 0 Å². The van der Waals surface area contributed by atoms with Gasteiger partial charge in [-0.2, -0.15) is 0 Å². The largest absolute Gasteiger partial charge is 0.497 e. The molecule has 0 aliphatic rings. The van der Waals surface area contributed by atoms with E-state index in [1.807, 2.05) is 0 Å². The zero-order valence-corrected chi connectivity index (χ0v) is 17.3. The molecule has 3 aromatic rings. The molecular weight excluding hydrogens is 420 g/mol. The van der Waals surface area contributed by atoms with Crippen molar-refractivity contribution in [3.05, 3.63) is 92.0 Å². The number of nitro groups is 2. The van der Waals surface area contributed by atoms with E-state index in [2.05, 4.69) is 0 Å². The van der Waals surface area contributed by atoms with Crippen LogP contribution < -0.4 is 18.9 Å². The number of hydrogen-bond donors (Lipinski definition) is 0. The molecule has 0 spiro atoms. The minimum atomic E-state index is -0.524. The summed E-state index contributed by atoms with van der Waals surface area (Å²) < 4.78 is 22.2. The van der Waals surface area contributed by atoms with Gasteiger partial charge in [-0.25, -0.2) is 0 Å². The van der Waals surface area contributed by atoms with Gasteiger partial charge in [-0.1, -0.05) is 24.3 Å². The van der Waals surface area contributed by atoms with Gasteiger partial charge in [0.25, 0.3) is 0 Å². The molecule has 0 radical (unpaired) electrons. The van der Waals surface area contributed by atoms with Crippen molar-refractivity contribution in [1.29, 1.82) is 0 Å². The molecule has 0 bridgehead atoms. The summed E-state index contributed by atoms with van der Waals surface area (Å²) in [6.45, 7) is -0.0760. The molecule has 0 fully saturated rings. The normalized spacial score (nSPS) is 10.3. The summed E-state index contributed by atoms with van der Waals surface area (Å²) in [5.41, 5.74) is 0.806. The SMILES string of the molecule is COc1cc(COc2ccccc2[N+](=O)[O-])c(OC)c(COc2ccccc2[N+](=O)[O-])c1. The molecule has 0 atom stereocenters. The van der Waals surface area contributed by atoms with E-state index in [4.69, 9.17) is 18.9 Å². The second-order valence-corrected chi connectivity index (χ2v) is 6.51. The molecule has 3 rings (SSSR count). The van der Waals surface area contributed by atoms with Crippen molar-refractivity contribution in [3.63, 3.8) is 0 Å². The highest BCUT2D eigenvalue weighted by atomic mass is 16.6.